The van der Waals surface area contributed by atoms with Gasteiger partial charge in [-0.25, -0.2) is 0 Å². The molecule has 0 fully saturated rings. The van der Waals surface area contributed by atoms with Crippen LogP contribution in [0.2, 0.25) is 0 Å². The first-order valence-corrected chi connectivity index (χ1v) is 50.3. The molecule has 0 bridgehead atoms. The van der Waals surface area contributed by atoms with Gasteiger partial charge in [-0.05, 0) is 294 Å². The number of aromatic nitrogens is 4. The first kappa shape index (κ1) is 72.8. The molecular weight excluding hydrogens is 1580 g/mol. The average Bonchev–Trinajstić information content (AvgIpc) is 1.47. The van der Waals surface area contributed by atoms with Crippen LogP contribution in [0.4, 0.5) is 0 Å². The van der Waals surface area contributed by atoms with Gasteiger partial charge >= 0.3 is 11.8 Å². The first-order valence-electron chi connectivity index (χ1n) is 50.3. The van der Waals surface area contributed by atoms with Crippen LogP contribution in [0.1, 0.15) is 266 Å². The van der Waals surface area contributed by atoms with E-state index >= 15 is 0 Å². The van der Waals surface area contributed by atoms with E-state index in [1.807, 2.05) is 0 Å². The van der Waals surface area contributed by atoms with Crippen LogP contribution in [0.25, 0.3) is 44.6 Å². The van der Waals surface area contributed by atoms with Crippen molar-refractivity contribution in [3.8, 4) is 0 Å². The van der Waals surface area contributed by atoms with Gasteiger partial charge in [0.2, 0.25) is 45.6 Å². The summed E-state index contributed by atoms with van der Waals surface area (Å²) in [7, 11) is 0. The topological polar surface area (TPSA) is 31.8 Å². The summed E-state index contributed by atoms with van der Waals surface area (Å²) in [6.45, 7) is 0. The zero-order chi connectivity index (χ0) is 84.2. The molecule has 8 aliphatic carbocycles. The van der Waals surface area contributed by atoms with E-state index in [1.54, 1.807) is 89.1 Å². The van der Waals surface area contributed by atoms with Gasteiger partial charge in [-0.2, -0.15) is 18.3 Å². The Hall–Kier alpha value is -13.0. The lowest BCUT2D eigenvalue weighted by molar-refractivity contribution is -0.835. The smallest absolute Gasteiger partial charge is 0.197 e. The highest BCUT2D eigenvalue weighted by atomic mass is 15.6. The molecule has 628 valence electrons. The Morgan fingerprint density at radius 3 is 0.515 bits per heavy atom. The summed E-state index contributed by atoms with van der Waals surface area (Å²) in [5.74, 6) is -1.44. The summed E-state index contributed by atoms with van der Waals surface area (Å²) < 4.78 is 24.3. The molecule has 8 aromatic carbocycles. The Bertz CT molecular complexity index is 7100. The van der Waals surface area contributed by atoms with Gasteiger partial charge in [0.05, 0.1) is 88.8 Å². The number of allylic oxidation sites excluding steroid dienone is 8. The maximum absolute atomic E-state index is 3.04. The molecule has 2 spiro atoms. The van der Waals surface area contributed by atoms with Crippen LogP contribution in [-0.4, -0.2) is 59.4 Å². The molecule has 8 nitrogen and oxygen atoms in total. The van der Waals surface area contributed by atoms with Gasteiger partial charge in [-0.15, -0.1) is 0 Å². The monoisotopic (exact) mass is 1680 g/mol. The minimum Gasteiger partial charge on any atom is -0.197 e. The Morgan fingerprint density at radius 2 is 0.323 bits per heavy atom. The van der Waals surface area contributed by atoms with E-state index in [0.717, 1.165) is 103 Å². The summed E-state index contributed by atoms with van der Waals surface area (Å²) in [5, 5.41) is 5.99. The fourth-order valence-corrected chi connectivity index (χ4v) is 30.2. The third-order valence-corrected chi connectivity index (χ3v) is 34.6. The summed E-state index contributed by atoms with van der Waals surface area (Å²) in [5.41, 5.74) is 66.4. The molecule has 4 aromatic heterocycles. The van der Waals surface area contributed by atoms with E-state index in [0.29, 0.717) is 0 Å². The van der Waals surface area contributed by atoms with Crippen LogP contribution in [0.15, 0.2) is 310 Å². The van der Waals surface area contributed by atoms with Crippen molar-refractivity contribution >= 4 is 67.4 Å². The average molecular weight is 1680 g/mol. The molecule has 0 saturated carbocycles. The summed E-state index contributed by atoms with van der Waals surface area (Å²) in [6.07, 6.45) is 37.8. The molecule has 0 N–H and O–H groups in total. The highest BCUT2D eigenvalue weighted by Gasteiger charge is 2.80. The second-order valence-corrected chi connectivity index (χ2v) is 40.7. The van der Waals surface area contributed by atoms with Crippen LogP contribution in [0.3, 0.4) is 0 Å². The normalized spacial score (nSPS) is 21.5. The molecule has 8 heteroatoms. The van der Waals surface area contributed by atoms with Crippen molar-refractivity contribution in [2.24, 2.45) is 0 Å². The van der Waals surface area contributed by atoms with Crippen molar-refractivity contribution in [2.75, 3.05) is 0 Å². The highest BCUT2D eigenvalue weighted by Crippen LogP contribution is 2.65. The summed E-state index contributed by atoms with van der Waals surface area (Å²) >= 11 is 0. The molecule has 20 aliphatic rings. The quantitative estimate of drug-likeness (QED) is 0.136. The van der Waals surface area contributed by atoms with E-state index in [2.05, 4.69) is 279 Å². The van der Waals surface area contributed by atoms with Crippen molar-refractivity contribution in [1.29, 1.82) is 0 Å². The van der Waals surface area contributed by atoms with Gasteiger partial charge in [0.15, 0.2) is 0 Å². The van der Waals surface area contributed by atoms with E-state index in [4.69, 9.17) is 0 Å². The second kappa shape index (κ2) is 26.8. The Kier molecular flexibility index (Phi) is 15.0. The van der Waals surface area contributed by atoms with Gasteiger partial charge in [-0.1, -0.05) is 261 Å². The Balaban J connectivity index is 0.000000123. The number of rotatable bonds is 8. The molecule has 16 heterocycles. The lowest BCUT2D eigenvalue weighted by Gasteiger charge is -2.42. The third-order valence-electron chi connectivity index (χ3n) is 34.6. The van der Waals surface area contributed by atoms with E-state index in [9.17, 15) is 0 Å². The zero-order valence-electron chi connectivity index (χ0n) is 74.3. The maximum Gasteiger partial charge on any atom is 0.554 e. The van der Waals surface area contributed by atoms with E-state index in [-0.39, 0.29) is 0 Å². The van der Waals surface area contributed by atoms with Gasteiger partial charge in [0.1, 0.15) is 0 Å². The zero-order valence-corrected chi connectivity index (χ0v) is 74.3. The van der Waals surface area contributed by atoms with E-state index in [1.165, 1.54) is 282 Å². The predicted octanol–water partition coefficient (Wildman–Crippen LogP) is 21.6. The number of fused-ring (bicyclic) bond motifs is 20. The Labute approximate surface area is 759 Å². The summed E-state index contributed by atoms with van der Waals surface area (Å²) in [4.78, 5) is 0. The fraction of sp³-hybridized carbons (Fsp3) is 0.279. The minimum atomic E-state index is -0.721. The predicted molar refractivity (Wildman–Crippen MR) is 518 cm³/mol. The number of hydrogen-bond donors (Lipinski definition) is 0. The van der Waals surface area contributed by atoms with Crippen molar-refractivity contribution in [1.82, 2.24) is 18.3 Å². The van der Waals surface area contributed by atoms with Crippen molar-refractivity contribution in [3.63, 3.8) is 0 Å². The molecule has 0 saturated heterocycles. The lowest BCUT2D eigenvalue weighted by atomic mass is 9.82. The highest BCUT2D eigenvalue weighted by molar-refractivity contribution is 6.35. The van der Waals surface area contributed by atoms with Crippen LogP contribution in [-0.2, 0) is 63.2 Å². The van der Waals surface area contributed by atoms with Gasteiger partial charge < -0.3 is 0 Å². The molecule has 12 aliphatic heterocycles. The number of nitrogens with zero attached hydrogens (tertiary/aromatic N) is 8. The van der Waals surface area contributed by atoms with Crippen LogP contribution >= 0.6 is 0 Å². The van der Waals surface area contributed by atoms with Gasteiger partial charge in [0, 0.05) is 44.6 Å². The maximum atomic E-state index is 3.04. The second-order valence-electron chi connectivity index (χ2n) is 40.7. The van der Waals surface area contributed by atoms with Crippen molar-refractivity contribution in [3.05, 3.63) is 443 Å². The molecule has 32 rings (SSSR count). The third kappa shape index (κ3) is 8.84. The van der Waals surface area contributed by atoms with Gasteiger partial charge in [-0.3, -0.25) is 0 Å². The fourth-order valence-electron chi connectivity index (χ4n) is 30.2. The molecule has 0 atom stereocenters. The molecule has 12 aromatic rings. The SMILES string of the molecule is c1ccc(C2=C3C4=C(CCCC4)C4=[N+]3C35n6c2c2c(c6C(c6ccccc6)=C6C7=C(CCCC7)C(=[N+]63)C(c3ccccc3)=c3c6c(c(n35)=C4c3ccccc3)CCCC6)CCCC2)cc1.c1ccc(C2=C3C4=C(CCCC4)C4=[N+]3C35n6c2c2c(c6C(c6ccccc6)=C6C7=C(CCCC7)C(=[N+]63)C(c3ccccc3)=c3c6c(c(n35)=C4c3ccccc3)CCCC6)CCCC2)cc1. The molecule has 0 radical (unpaired) electrons. The first-order chi connectivity index (χ1) is 64.7. The largest absolute Gasteiger partial charge is 0.554 e. The number of hydrogen-bond acceptors (Lipinski definition) is 0. The van der Waals surface area contributed by atoms with Crippen LogP contribution < -0.4 is 21.4 Å². The molecular formula is C122H104N8+4. The van der Waals surface area contributed by atoms with Crippen molar-refractivity contribution < 1.29 is 18.3 Å². The van der Waals surface area contributed by atoms with E-state index < -0.39 is 11.8 Å². The Morgan fingerprint density at radius 1 is 0.162 bits per heavy atom. The molecule has 0 amide bonds. The standard InChI is InChI=1S/2C61H52N4/c2*1-5-21-37(22-6-1)49-53-41-29-13-15-31-43(41)55-50(38-23-7-2-8-24-38)57-45-33-17-19-35-47(45)59-52(40-27-11-4-12-28-40)60-48-36-20-18-34-46(48)58-51(39-25-9-3-10-26-39)56-44-32-16-14-30-42(44)54(49)63(56)61(62(53)55,64(57)59)65(58)60/h2*1-12,21-28H,13-20,29-36H2/q2*+2. The minimum absolute atomic E-state index is 0.721. The molecule has 0 unspecified atom stereocenters. The van der Waals surface area contributed by atoms with Crippen molar-refractivity contribution in [2.45, 2.75) is 217 Å². The van der Waals surface area contributed by atoms with Crippen LogP contribution in [0, 0.1) is 0 Å². The molecule has 130 heavy (non-hydrogen) atoms. The lowest BCUT2D eigenvalue weighted by Crippen LogP contribution is -2.72. The number of benzene rings is 8. The van der Waals surface area contributed by atoms with Crippen LogP contribution in [0.5, 0.6) is 0 Å². The summed E-state index contributed by atoms with van der Waals surface area (Å²) in [6, 6.07) is 93.4. The van der Waals surface area contributed by atoms with Gasteiger partial charge in [0.25, 0.3) is 0 Å².